The second kappa shape index (κ2) is 5.11. The van der Waals surface area contributed by atoms with Crippen LogP contribution in [0.15, 0.2) is 22.4 Å². The first-order chi connectivity index (χ1) is 9.99. The maximum absolute atomic E-state index is 9.37. The van der Waals surface area contributed by atoms with E-state index in [0.717, 1.165) is 18.4 Å². The van der Waals surface area contributed by atoms with Crippen LogP contribution in [-0.4, -0.2) is 25.2 Å². The van der Waals surface area contributed by atoms with E-state index in [4.69, 9.17) is 0 Å². The van der Waals surface area contributed by atoms with Gasteiger partial charge in [0.1, 0.15) is 11.1 Å². The number of tetrazole rings is 1. The number of hydrogen-bond acceptors (Lipinski definition) is 6. The van der Waals surface area contributed by atoms with E-state index in [-0.39, 0.29) is 5.41 Å². The minimum absolute atomic E-state index is 0.0304. The summed E-state index contributed by atoms with van der Waals surface area (Å²) >= 11 is 1.35. The molecule has 0 aromatic carbocycles. The Bertz CT molecular complexity index is 705. The average molecular weight is 300 g/mol. The van der Waals surface area contributed by atoms with Crippen LogP contribution < -0.4 is 0 Å². The number of nitriles is 1. The summed E-state index contributed by atoms with van der Waals surface area (Å²) in [5, 5.41) is 22.5. The Morgan fingerprint density at radius 1 is 1.38 bits per heavy atom. The van der Waals surface area contributed by atoms with Gasteiger partial charge in [-0.3, -0.25) is 0 Å². The van der Waals surface area contributed by atoms with Gasteiger partial charge >= 0.3 is 0 Å². The first kappa shape index (κ1) is 14.0. The van der Waals surface area contributed by atoms with Gasteiger partial charge in [-0.15, -0.1) is 5.10 Å². The fraction of sp³-hybridized carbons (Fsp3) is 0.500. The lowest BCUT2D eigenvalue weighted by molar-refractivity contribution is 0.565. The van der Waals surface area contributed by atoms with Crippen molar-refractivity contribution >= 4 is 11.8 Å². The molecule has 2 heterocycles. The van der Waals surface area contributed by atoms with Gasteiger partial charge in [-0.1, -0.05) is 20.8 Å². The quantitative estimate of drug-likeness (QED) is 0.867. The van der Waals surface area contributed by atoms with Crippen molar-refractivity contribution in [1.82, 2.24) is 25.2 Å². The highest BCUT2D eigenvalue weighted by Crippen LogP contribution is 2.38. The summed E-state index contributed by atoms with van der Waals surface area (Å²) in [5.74, 6) is 0. The fourth-order valence-electron chi connectivity index (χ4n) is 1.91. The molecule has 0 atom stereocenters. The number of aromatic nitrogens is 5. The van der Waals surface area contributed by atoms with Crippen molar-refractivity contribution in [2.45, 2.75) is 55.3 Å². The van der Waals surface area contributed by atoms with E-state index in [0.29, 0.717) is 21.8 Å². The van der Waals surface area contributed by atoms with Gasteiger partial charge < -0.3 is 0 Å². The van der Waals surface area contributed by atoms with Gasteiger partial charge in [0, 0.05) is 6.20 Å². The molecule has 0 unspecified atom stereocenters. The third-order valence-corrected chi connectivity index (χ3v) is 4.35. The molecule has 3 rings (SSSR count). The van der Waals surface area contributed by atoms with Gasteiger partial charge in [-0.05, 0) is 52.1 Å². The lowest BCUT2D eigenvalue weighted by Crippen LogP contribution is -2.12. The maximum atomic E-state index is 9.37. The molecule has 0 radical (unpaired) electrons. The number of nitrogens with zero attached hydrogens (tertiary/aromatic N) is 6. The van der Waals surface area contributed by atoms with Crippen molar-refractivity contribution in [2.75, 3.05) is 0 Å². The number of pyridine rings is 1. The molecular formula is C14H16N6S. The van der Waals surface area contributed by atoms with Crippen molar-refractivity contribution in [1.29, 1.82) is 5.26 Å². The van der Waals surface area contributed by atoms with Gasteiger partial charge in [0.05, 0.1) is 11.6 Å². The normalized spacial score (nSPS) is 15.0. The lowest BCUT2D eigenvalue weighted by Gasteiger charge is -2.19. The smallest absolute Gasteiger partial charge is 0.215 e. The highest BCUT2D eigenvalue weighted by Gasteiger charge is 2.28. The molecule has 0 saturated heterocycles. The predicted octanol–water partition coefficient (Wildman–Crippen LogP) is 2.72. The summed E-state index contributed by atoms with van der Waals surface area (Å²) in [6, 6.07) is 4.53. The van der Waals surface area contributed by atoms with Crippen LogP contribution in [0.25, 0.3) is 0 Å². The standard InChI is InChI=1S/C14H16N6S/c1-14(2,3)10-6-9(7-15)12(16-8-10)21-13-17-18-19-20(13)11-4-5-11/h6,8,11H,4-5H2,1-3H3. The van der Waals surface area contributed by atoms with Gasteiger partial charge in [0.15, 0.2) is 0 Å². The summed E-state index contributed by atoms with van der Waals surface area (Å²) in [7, 11) is 0. The Balaban J connectivity index is 1.92. The predicted molar refractivity (Wildman–Crippen MR) is 77.9 cm³/mol. The minimum Gasteiger partial charge on any atom is -0.248 e. The van der Waals surface area contributed by atoms with E-state index < -0.39 is 0 Å². The Morgan fingerprint density at radius 2 is 2.14 bits per heavy atom. The molecule has 0 aliphatic heterocycles. The van der Waals surface area contributed by atoms with E-state index in [9.17, 15) is 5.26 Å². The first-order valence-corrected chi connectivity index (χ1v) is 7.67. The molecule has 0 N–H and O–H groups in total. The Labute approximate surface area is 127 Å². The van der Waals surface area contributed by atoms with Gasteiger partial charge in [-0.2, -0.15) is 5.26 Å². The Hall–Kier alpha value is -1.94. The van der Waals surface area contributed by atoms with Crippen molar-refractivity contribution in [3.63, 3.8) is 0 Å². The number of hydrogen-bond donors (Lipinski definition) is 0. The van der Waals surface area contributed by atoms with E-state index in [2.05, 4.69) is 47.3 Å². The van der Waals surface area contributed by atoms with Crippen molar-refractivity contribution in [3.05, 3.63) is 23.4 Å². The van der Waals surface area contributed by atoms with E-state index >= 15 is 0 Å². The zero-order valence-electron chi connectivity index (χ0n) is 12.2. The van der Waals surface area contributed by atoms with Crippen LogP contribution in [0.4, 0.5) is 0 Å². The maximum Gasteiger partial charge on any atom is 0.215 e. The van der Waals surface area contributed by atoms with Crippen LogP contribution in [0.5, 0.6) is 0 Å². The molecule has 1 aliphatic carbocycles. The molecule has 1 aliphatic rings. The summed E-state index contributed by atoms with van der Waals surface area (Å²) in [5.41, 5.74) is 1.58. The highest BCUT2D eigenvalue weighted by atomic mass is 32.2. The van der Waals surface area contributed by atoms with Gasteiger partial charge in [0.25, 0.3) is 0 Å². The van der Waals surface area contributed by atoms with Crippen molar-refractivity contribution < 1.29 is 0 Å². The first-order valence-electron chi connectivity index (χ1n) is 6.85. The zero-order valence-corrected chi connectivity index (χ0v) is 13.1. The SMILES string of the molecule is CC(C)(C)c1cnc(Sc2nnnn2C2CC2)c(C#N)c1. The number of rotatable bonds is 3. The largest absolute Gasteiger partial charge is 0.248 e. The minimum atomic E-state index is -0.0304. The fourth-order valence-corrected chi connectivity index (χ4v) is 2.76. The van der Waals surface area contributed by atoms with Crippen molar-refractivity contribution in [2.24, 2.45) is 0 Å². The molecule has 0 amide bonds. The zero-order chi connectivity index (χ0) is 15.0. The second-order valence-corrected chi connectivity index (χ2v) is 7.13. The summed E-state index contributed by atoms with van der Waals surface area (Å²) in [6.07, 6.45) is 4.05. The molecule has 6 nitrogen and oxygen atoms in total. The van der Waals surface area contributed by atoms with Gasteiger partial charge in [0.2, 0.25) is 5.16 Å². The van der Waals surface area contributed by atoms with Crippen LogP contribution in [0.1, 0.15) is 50.8 Å². The van der Waals surface area contributed by atoms with Crippen LogP contribution in [-0.2, 0) is 5.41 Å². The molecule has 1 fully saturated rings. The molecule has 0 bridgehead atoms. The summed E-state index contributed by atoms with van der Waals surface area (Å²) in [6.45, 7) is 6.31. The van der Waals surface area contributed by atoms with Gasteiger partial charge in [-0.25, -0.2) is 9.67 Å². The Morgan fingerprint density at radius 3 is 2.76 bits per heavy atom. The topological polar surface area (TPSA) is 80.3 Å². The lowest BCUT2D eigenvalue weighted by atomic mass is 9.88. The summed E-state index contributed by atoms with van der Waals surface area (Å²) in [4.78, 5) is 4.44. The van der Waals surface area contributed by atoms with Crippen molar-refractivity contribution in [3.8, 4) is 6.07 Å². The summed E-state index contributed by atoms with van der Waals surface area (Å²) < 4.78 is 1.82. The average Bonchev–Trinajstić information content (AvgIpc) is 3.18. The molecule has 21 heavy (non-hydrogen) atoms. The monoisotopic (exact) mass is 300 g/mol. The molecule has 1 saturated carbocycles. The van der Waals surface area contributed by atoms with Crippen LogP contribution in [0.2, 0.25) is 0 Å². The van der Waals surface area contributed by atoms with E-state index in [1.54, 1.807) is 0 Å². The van der Waals surface area contributed by atoms with Crippen LogP contribution in [0.3, 0.4) is 0 Å². The Kier molecular flexibility index (Phi) is 3.41. The van der Waals surface area contributed by atoms with E-state index in [1.165, 1.54) is 11.8 Å². The second-order valence-electron chi connectivity index (χ2n) is 6.18. The molecule has 7 heteroatoms. The molecule has 108 valence electrons. The molecule has 2 aromatic heterocycles. The highest BCUT2D eigenvalue weighted by molar-refractivity contribution is 7.99. The van der Waals surface area contributed by atoms with E-state index in [1.807, 2.05) is 16.9 Å². The third-order valence-electron chi connectivity index (χ3n) is 3.38. The molecule has 2 aromatic rings. The van der Waals surface area contributed by atoms with Crippen LogP contribution in [0, 0.1) is 11.3 Å². The third kappa shape index (κ3) is 2.90. The molecular weight excluding hydrogens is 284 g/mol. The molecule has 0 spiro atoms. The van der Waals surface area contributed by atoms with Crippen LogP contribution >= 0.6 is 11.8 Å².